The molecule has 3 rings (SSSR count). The molecule has 1 aromatic carbocycles. The van der Waals surface area contributed by atoms with Gasteiger partial charge >= 0.3 is 5.63 Å². The van der Waals surface area contributed by atoms with Crippen molar-refractivity contribution in [1.29, 1.82) is 0 Å². The number of fused-ring (bicyclic) bond motifs is 2. The number of hydrogen-bond acceptors (Lipinski definition) is 3. The zero-order chi connectivity index (χ0) is 12.5. The monoisotopic (exact) mass is 244 g/mol. The van der Waals surface area contributed by atoms with Gasteiger partial charge in [-0.2, -0.15) is 0 Å². The van der Waals surface area contributed by atoms with Crippen molar-refractivity contribution in [3.05, 3.63) is 40.2 Å². The molecule has 2 heterocycles. The molecule has 0 N–H and O–H groups in total. The summed E-state index contributed by atoms with van der Waals surface area (Å²) < 4.78 is 11.1. The lowest BCUT2D eigenvalue weighted by molar-refractivity contribution is 0.163. The SMILES string of the molecule is CCCC1CCc2cc3ccc(=O)oc3cc2O1. The van der Waals surface area contributed by atoms with Gasteiger partial charge in [0.15, 0.2) is 0 Å². The Morgan fingerprint density at radius 3 is 3.06 bits per heavy atom. The van der Waals surface area contributed by atoms with Crippen molar-refractivity contribution in [2.75, 3.05) is 0 Å². The molecule has 1 aliphatic heterocycles. The molecule has 1 aliphatic rings. The molecule has 1 atom stereocenters. The van der Waals surface area contributed by atoms with Crippen molar-refractivity contribution >= 4 is 11.0 Å². The van der Waals surface area contributed by atoms with Gasteiger partial charge in [-0.05, 0) is 37.0 Å². The highest BCUT2D eigenvalue weighted by Crippen LogP contribution is 2.32. The fourth-order valence-corrected chi connectivity index (χ4v) is 2.53. The number of aryl methyl sites for hydroxylation is 1. The molecular weight excluding hydrogens is 228 g/mol. The Hall–Kier alpha value is -1.77. The van der Waals surface area contributed by atoms with E-state index >= 15 is 0 Å². The van der Waals surface area contributed by atoms with E-state index in [1.54, 1.807) is 6.07 Å². The largest absolute Gasteiger partial charge is 0.490 e. The third-order valence-electron chi connectivity index (χ3n) is 3.44. The van der Waals surface area contributed by atoms with Crippen LogP contribution >= 0.6 is 0 Å². The van der Waals surface area contributed by atoms with Crippen LogP contribution in [0.5, 0.6) is 5.75 Å². The van der Waals surface area contributed by atoms with Crippen molar-refractivity contribution in [3.63, 3.8) is 0 Å². The van der Waals surface area contributed by atoms with Gasteiger partial charge in [0.05, 0.1) is 6.10 Å². The number of benzene rings is 1. The Bertz CT molecular complexity index is 627. The standard InChI is InChI=1S/C15H16O3/c1-2-3-12-6-4-10-8-11-5-7-15(16)18-14(11)9-13(10)17-12/h5,7-9,12H,2-4,6H2,1H3. The quantitative estimate of drug-likeness (QED) is 0.761. The predicted molar refractivity (Wildman–Crippen MR) is 70.1 cm³/mol. The lowest BCUT2D eigenvalue weighted by Crippen LogP contribution is -2.22. The fourth-order valence-electron chi connectivity index (χ4n) is 2.53. The van der Waals surface area contributed by atoms with Crippen LogP contribution in [0.25, 0.3) is 11.0 Å². The Morgan fingerprint density at radius 2 is 2.22 bits per heavy atom. The first-order chi connectivity index (χ1) is 8.76. The lowest BCUT2D eigenvalue weighted by Gasteiger charge is -2.26. The van der Waals surface area contributed by atoms with Gasteiger partial charge in [-0.15, -0.1) is 0 Å². The molecule has 3 nitrogen and oxygen atoms in total. The average molecular weight is 244 g/mol. The molecule has 94 valence electrons. The first kappa shape index (κ1) is 11.3. The molecule has 0 radical (unpaired) electrons. The van der Waals surface area contributed by atoms with Crippen LogP contribution in [0.15, 0.2) is 33.5 Å². The Balaban J connectivity index is 2.03. The van der Waals surface area contributed by atoms with Gasteiger partial charge in [-0.25, -0.2) is 4.79 Å². The third-order valence-corrected chi connectivity index (χ3v) is 3.44. The molecule has 2 aromatic rings. The van der Waals surface area contributed by atoms with E-state index in [1.807, 2.05) is 6.07 Å². The molecule has 0 amide bonds. The van der Waals surface area contributed by atoms with Gasteiger partial charge < -0.3 is 9.15 Å². The summed E-state index contributed by atoms with van der Waals surface area (Å²) in [5, 5.41) is 0.964. The van der Waals surface area contributed by atoms with Crippen LogP contribution in [0, 0.1) is 0 Å². The highest BCUT2D eigenvalue weighted by Gasteiger charge is 2.19. The van der Waals surface area contributed by atoms with E-state index in [1.165, 1.54) is 11.6 Å². The van der Waals surface area contributed by atoms with Crippen molar-refractivity contribution < 1.29 is 9.15 Å². The minimum Gasteiger partial charge on any atom is -0.490 e. The second-order valence-corrected chi connectivity index (χ2v) is 4.82. The highest BCUT2D eigenvalue weighted by atomic mass is 16.5. The second-order valence-electron chi connectivity index (χ2n) is 4.82. The van der Waals surface area contributed by atoms with Crippen molar-refractivity contribution in [2.45, 2.75) is 38.7 Å². The van der Waals surface area contributed by atoms with E-state index in [0.717, 1.165) is 36.8 Å². The van der Waals surface area contributed by atoms with Crippen LogP contribution in [0.1, 0.15) is 31.7 Å². The van der Waals surface area contributed by atoms with Gasteiger partial charge in [0.25, 0.3) is 0 Å². The van der Waals surface area contributed by atoms with Crippen LogP contribution in [0.3, 0.4) is 0 Å². The minimum atomic E-state index is -0.316. The average Bonchev–Trinajstić information content (AvgIpc) is 2.36. The summed E-state index contributed by atoms with van der Waals surface area (Å²) in [5.41, 5.74) is 1.51. The maximum atomic E-state index is 11.2. The maximum Gasteiger partial charge on any atom is 0.336 e. The topological polar surface area (TPSA) is 39.4 Å². The summed E-state index contributed by atoms with van der Waals surface area (Å²) in [6.07, 6.45) is 4.62. The minimum absolute atomic E-state index is 0.301. The predicted octanol–water partition coefficient (Wildman–Crippen LogP) is 3.29. The van der Waals surface area contributed by atoms with E-state index < -0.39 is 0 Å². The smallest absolute Gasteiger partial charge is 0.336 e. The van der Waals surface area contributed by atoms with Crippen LogP contribution in [-0.2, 0) is 6.42 Å². The van der Waals surface area contributed by atoms with Crippen LogP contribution in [-0.4, -0.2) is 6.10 Å². The third kappa shape index (κ3) is 2.01. The maximum absolute atomic E-state index is 11.2. The summed E-state index contributed by atoms with van der Waals surface area (Å²) in [6.45, 7) is 2.16. The van der Waals surface area contributed by atoms with Crippen molar-refractivity contribution in [2.24, 2.45) is 0 Å². The van der Waals surface area contributed by atoms with E-state index in [4.69, 9.17) is 9.15 Å². The number of rotatable bonds is 2. The van der Waals surface area contributed by atoms with Crippen LogP contribution in [0.2, 0.25) is 0 Å². The lowest BCUT2D eigenvalue weighted by atomic mass is 9.98. The summed E-state index contributed by atoms with van der Waals surface area (Å²) in [7, 11) is 0. The molecule has 1 unspecified atom stereocenters. The molecular formula is C15H16O3. The molecule has 18 heavy (non-hydrogen) atoms. The van der Waals surface area contributed by atoms with Gasteiger partial charge in [-0.1, -0.05) is 13.3 Å². The number of ether oxygens (including phenoxy) is 1. The van der Waals surface area contributed by atoms with E-state index in [0.29, 0.717) is 11.7 Å². The van der Waals surface area contributed by atoms with E-state index in [-0.39, 0.29) is 5.63 Å². The Kier molecular flexibility index (Phi) is 2.82. The first-order valence-electron chi connectivity index (χ1n) is 6.49. The second kappa shape index (κ2) is 4.48. The Morgan fingerprint density at radius 1 is 1.33 bits per heavy atom. The zero-order valence-electron chi connectivity index (χ0n) is 10.4. The molecule has 0 spiro atoms. The van der Waals surface area contributed by atoms with Crippen LogP contribution in [0.4, 0.5) is 0 Å². The first-order valence-corrected chi connectivity index (χ1v) is 6.49. The van der Waals surface area contributed by atoms with Gasteiger partial charge in [0.1, 0.15) is 11.3 Å². The molecule has 3 heteroatoms. The van der Waals surface area contributed by atoms with Crippen molar-refractivity contribution in [3.8, 4) is 5.75 Å². The Labute approximate surface area is 105 Å². The molecule has 0 fully saturated rings. The summed E-state index contributed by atoms with van der Waals surface area (Å²) in [6, 6.07) is 7.18. The van der Waals surface area contributed by atoms with E-state index in [9.17, 15) is 4.79 Å². The zero-order valence-corrected chi connectivity index (χ0v) is 10.4. The summed E-state index contributed by atoms with van der Waals surface area (Å²) >= 11 is 0. The van der Waals surface area contributed by atoms with Gasteiger partial charge in [0.2, 0.25) is 0 Å². The summed E-state index contributed by atoms with van der Waals surface area (Å²) in [5.74, 6) is 0.876. The fraction of sp³-hybridized carbons (Fsp3) is 0.400. The van der Waals surface area contributed by atoms with E-state index in [2.05, 4.69) is 13.0 Å². The van der Waals surface area contributed by atoms with Gasteiger partial charge in [-0.3, -0.25) is 0 Å². The molecule has 0 aliphatic carbocycles. The van der Waals surface area contributed by atoms with Gasteiger partial charge in [0, 0.05) is 17.5 Å². The summed E-state index contributed by atoms with van der Waals surface area (Å²) in [4.78, 5) is 11.2. The highest BCUT2D eigenvalue weighted by molar-refractivity contribution is 5.79. The molecule has 1 aromatic heterocycles. The van der Waals surface area contributed by atoms with Crippen LogP contribution < -0.4 is 10.4 Å². The molecule has 0 saturated carbocycles. The molecule has 0 saturated heterocycles. The number of hydrogen-bond donors (Lipinski definition) is 0. The van der Waals surface area contributed by atoms with Crippen molar-refractivity contribution in [1.82, 2.24) is 0 Å². The normalized spacial score (nSPS) is 18.4. The molecule has 0 bridgehead atoms.